The average Bonchev–Trinajstić information content (AvgIpc) is 3.30. The van der Waals surface area contributed by atoms with Crippen LogP contribution in [-0.2, 0) is 32.3 Å². The molecule has 12 nitrogen and oxygen atoms in total. The lowest BCUT2D eigenvalue weighted by molar-refractivity contribution is -0.255. The summed E-state index contributed by atoms with van der Waals surface area (Å²) in [7, 11) is 0. The molecule has 0 spiro atoms. The zero-order valence-corrected chi connectivity index (χ0v) is 36.5. The number of fused-ring (bicyclic) bond motifs is 2. The number of oxime groups is 1. The minimum atomic E-state index is -1.39. The van der Waals surface area contributed by atoms with Crippen LogP contribution in [0.1, 0.15) is 106 Å². The Morgan fingerprint density at radius 3 is 2.58 bits per heavy atom. The smallest absolute Gasteiger partial charge is 0.410 e. The molecular formula is C50H65N3O9. The zero-order valence-electron chi connectivity index (χ0n) is 36.5. The fourth-order valence-corrected chi connectivity index (χ4v) is 9.91. The summed E-state index contributed by atoms with van der Waals surface area (Å²) in [4.78, 5) is 27.3. The van der Waals surface area contributed by atoms with Gasteiger partial charge in [-0.15, -0.1) is 6.58 Å². The Hall–Kier alpha value is -4.75. The molecule has 0 bridgehead atoms. The second-order valence-electron chi connectivity index (χ2n) is 17.0. The van der Waals surface area contributed by atoms with Gasteiger partial charge in [-0.05, 0) is 105 Å². The van der Waals surface area contributed by atoms with Crippen LogP contribution in [-0.4, -0.2) is 83.0 Å². The lowest BCUT2D eigenvalue weighted by atomic mass is 9.55. The van der Waals surface area contributed by atoms with E-state index in [1.165, 1.54) is 0 Å². The Balaban J connectivity index is 1.39. The molecule has 3 aromatic rings. The number of rotatable bonds is 21. The fraction of sp³-hybridized carbons (Fsp3) is 0.540. The van der Waals surface area contributed by atoms with Gasteiger partial charge < -0.3 is 38.7 Å². The van der Waals surface area contributed by atoms with Gasteiger partial charge in [0.2, 0.25) is 12.1 Å². The first kappa shape index (κ1) is 45.3. The van der Waals surface area contributed by atoms with Crippen molar-refractivity contribution in [1.29, 1.82) is 0 Å². The van der Waals surface area contributed by atoms with Crippen molar-refractivity contribution in [2.24, 2.45) is 22.9 Å². The first-order valence-electron chi connectivity index (χ1n) is 22.8. The molecule has 7 rings (SSSR count). The third-order valence-corrected chi connectivity index (χ3v) is 12.7. The lowest BCUT2D eigenvalue weighted by Crippen LogP contribution is -2.70. The van der Waals surface area contributed by atoms with Gasteiger partial charge in [0.05, 0.1) is 30.5 Å². The number of nitrogens with zero attached hydrogens (tertiary/aromatic N) is 3. The largest absolute Gasteiger partial charge is 0.487 e. The van der Waals surface area contributed by atoms with Crippen LogP contribution in [0.4, 0.5) is 4.79 Å². The van der Waals surface area contributed by atoms with E-state index in [2.05, 4.69) is 23.7 Å². The topological polar surface area (TPSA) is 141 Å². The summed E-state index contributed by atoms with van der Waals surface area (Å²) in [5.41, 5.74) is 5.31. The van der Waals surface area contributed by atoms with Crippen molar-refractivity contribution in [1.82, 2.24) is 9.88 Å². The Kier molecular flexibility index (Phi) is 16.1. The first-order valence-corrected chi connectivity index (χ1v) is 22.8. The van der Waals surface area contributed by atoms with E-state index in [-0.39, 0.29) is 50.6 Å². The predicted molar refractivity (Wildman–Crippen MR) is 237 cm³/mol. The van der Waals surface area contributed by atoms with Gasteiger partial charge in [-0.3, -0.25) is 9.88 Å². The molecule has 7 atom stereocenters. The van der Waals surface area contributed by atoms with Gasteiger partial charge >= 0.3 is 6.09 Å². The molecule has 1 aromatic heterocycles. The van der Waals surface area contributed by atoms with E-state index in [0.717, 1.165) is 78.7 Å². The number of hydrogen-bond acceptors (Lipinski definition) is 11. The molecule has 2 fully saturated rings. The van der Waals surface area contributed by atoms with Crippen molar-refractivity contribution in [2.45, 2.75) is 122 Å². The van der Waals surface area contributed by atoms with E-state index >= 15 is 0 Å². The van der Waals surface area contributed by atoms with Crippen molar-refractivity contribution >= 4 is 11.8 Å². The van der Waals surface area contributed by atoms with Crippen molar-refractivity contribution < 1.29 is 43.5 Å². The maximum absolute atomic E-state index is 14.6. The number of unbranched alkanes of at least 4 members (excludes halogenated alkanes) is 2. The summed E-state index contributed by atoms with van der Waals surface area (Å²) in [6, 6.07) is 20.9. The van der Waals surface area contributed by atoms with Crippen LogP contribution in [0.2, 0.25) is 0 Å². The Labute approximate surface area is 366 Å². The molecule has 1 unspecified atom stereocenters. The van der Waals surface area contributed by atoms with E-state index in [4.69, 9.17) is 33.7 Å². The molecule has 1 saturated heterocycles. The van der Waals surface area contributed by atoms with Gasteiger partial charge in [-0.25, -0.2) is 4.79 Å². The highest BCUT2D eigenvalue weighted by molar-refractivity contribution is 6.03. The summed E-state index contributed by atoms with van der Waals surface area (Å²) in [6.45, 7) is 9.86. The van der Waals surface area contributed by atoms with Crippen LogP contribution in [0.3, 0.4) is 0 Å². The van der Waals surface area contributed by atoms with Crippen LogP contribution in [0.5, 0.6) is 11.5 Å². The van der Waals surface area contributed by atoms with E-state index in [1.807, 2.05) is 74.5 Å². The lowest BCUT2D eigenvalue weighted by Gasteiger charge is -2.60. The maximum atomic E-state index is 14.6. The van der Waals surface area contributed by atoms with E-state index < -0.39 is 30.1 Å². The normalized spacial score (nSPS) is 25.7. The summed E-state index contributed by atoms with van der Waals surface area (Å²) in [5.74, 6) is -0.520. The number of carbonyl (C=O) groups is 1. The number of allylic oxidation sites excluding steroid dienone is 1. The van der Waals surface area contributed by atoms with Gasteiger partial charge in [-0.1, -0.05) is 73.5 Å². The number of aliphatic hydroxyl groups excluding tert-OH is 2. The van der Waals surface area contributed by atoms with Gasteiger partial charge in [0.15, 0.2) is 0 Å². The van der Waals surface area contributed by atoms with Gasteiger partial charge in [0.25, 0.3) is 0 Å². The number of ether oxygens (including phenoxy) is 5. The highest BCUT2D eigenvalue weighted by atomic mass is 16.8. The van der Waals surface area contributed by atoms with E-state index in [0.29, 0.717) is 50.5 Å². The number of amides is 1. The van der Waals surface area contributed by atoms with E-state index in [1.54, 1.807) is 11.0 Å². The molecule has 4 aliphatic rings. The molecule has 2 aromatic carbocycles. The van der Waals surface area contributed by atoms with Crippen molar-refractivity contribution in [2.75, 3.05) is 33.0 Å². The highest BCUT2D eigenvalue weighted by Crippen LogP contribution is 2.62. The molecule has 2 aliphatic carbocycles. The second kappa shape index (κ2) is 22.0. The third-order valence-electron chi connectivity index (χ3n) is 12.7. The molecule has 2 N–H and O–H groups in total. The molecule has 3 heterocycles. The number of carbonyl (C=O) groups excluding carboxylic acids is 1. The molecule has 334 valence electrons. The highest BCUT2D eigenvalue weighted by Gasteiger charge is 2.65. The Bertz CT molecular complexity index is 1980. The standard InChI is InChI=1S/C50H65N3O9/c1-4-25-53(49(56)59-33-36-17-7-6-8-18-36)45-32-43(52-62-46-22-11-14-29-57-46)41-30-37(19-9-12-26-54)40(21-10-13-27-55)47-42-31-39(58-34-38-20-15-16-35(3)51-38)23-24-44(42)61-50(45,48(41)47)60-28-5-2/h5-8,15-18,20,23-24,30-31,37,40,45-48,54-55H,2,4,9-14,19,21-22,25-29,32-34H2,1,3H3/t37-,40+,45-,46?,47+,48+,50+/m0/s1. The molecular weight excluding hydrogens is 787 g/mol. The zero-order chi connectivity index (χ0) is 43.3. The number of aryl methyl sites for hydroxylation is 1. The summed E-state index contributed by atoms with van der Waals surface area (Å²) in [6.07, 6.45) is 11.5. The summed E-state index contributed by atoms with van der Waals surface area (Å²) < 4.78 is 33.1. The number of pyridine rings is 1. The van der Waals surface area contributed by atoms with Crippen LogP contribution >= 0.6 is 0 Å². The quantitative estimate of drug-likeness (QED) is 0.0606. The predicted octanol–water partition coefficient (Wildman–Crippen LogP) is 9.18. The van der Waals surface area contributed by atoms with Crippen molar-refractivity contribution in [3.05, 3.63) is 114 Å². The fourth-order valence-electron chi connectivity index (χ4n) is 9.91. The summed E-state index contributed by atoms with van der Waals surface area (Å²) in [5, 5.41) is 24.9. The SMILES string of the molecule is C=CCO[C@@]12Oc3ccc(OCc4cccc(C)n4)cc3[C@H]3[C@H](CCCCO)[C@@H](CCCCO)C=C(C(=NOC4CCCCO4)C[C@@H]1N(CCC)C(=O)OCc1ccccc1)[C@H]32. The molecule has 1 saturated carbocycles. The second-order valence-corrected chi connectivity index (χ2v) is 17.0. The number of hydrogen-bond donors (Lipinski definition) is 2. The van der Waals surface area contributed by atoms with Crippen molar-refractivity contribution in [3.8, 4) is 11.5 Å². The summed E-state index contributed by atoms with van der Waals surface area (Å²) >= 11 is 0. The number of aromatic nitrogens is 1. The van der Waals surface area contributed by atoms with Crippen LogP contribution in [0.15, 0.2) is 96.2 Å². The molecule has 2 aliphatic heterocycles. The van der Waals surface area contributed by atoms with Crippen LogP contribution in [0.25, 0.3) is 0 Å². The third kappa shape index (κ3) is 10.5. The Morgan fingerprint density at radius 2 is 1.84 bits per heavy atom. The minimum Gasteiger partial charge on any atom is -0.487 e. The van der Waals surface area contributed by atoms with E-state index in [9.17, 15) is 15.0 Å². The minimum absolute atomic E-state index is 0.0734. The average molecular weight is 852 g/mol. The maximum Gasteiger partial charge on any atom is 0.410 e. The first-order chi connectivity index (χ1) is 30.4. The molecule has 62 heavy (non-hydrogen) atoms. The van der Waals surface area contributed by atoms with Crippen molar-refractivity contribution in [3.63, 3.8) is 0 Å². The van der Waals surface area contributed by atoms with Crippen LogP contribution < -0.4 is 9.47 Å². The number of benzene rings is 2. The van der Waals surface area contributed by atoms with Gasteiger partial charge in [0, 0.05) is 49.8 Å². The Morgan fingerprint density at radius 1 is 1.02 bits per heavy atom. The van der Waals surface area contributed by atoms with Gasteiger partial charge in [0.1, 0.15) is 30.8 Å². The molecule has 12 heteroatoms. The number of aliphatic hydroxyl groups is 2. The van der Waals surface area contributed by atoms with Gasteiger partial charge in [-0.2, -0.15) is 0 Å². The monoisotopic (exact) mass is 851 g/mol. The molecule has 0 radical (unpaired) electrons. The molecule has 1 amide bonds. The van der Waals surface area contributed by atoms with Crippen LogP contribution in [0, 0.1) is 24.7 Å².